The predicted molar refractivity (Wildman–Crippen MR) is 88.7 cm³/mol. The van der Waals surface area contributed by atoms with Crippen LogP contribution in [0.2, 0.25) is 0 Å². The number of hydrogen-bond donors (Lipinski definition) is 2. The van der Waals surface area contributed by atoms with Crippen molar-refractivity contribution in [1.82, 2.24) is 10.2 Å². The van der Waals surface area contributed by atoms with Gasteiger partial charge in [-0.3, -0.25) is 9.59 Å². The van der Waals surface area contributed by atoms with Crippen LogP contribution in [0.5, 0.6) is 0 Å². The van der Waals surface area contributed by atoms with Gasteiger partial charge in [0.15, 0.2) is 6.04 Å². The molecule has 4 N–H and O–H groups in total. The second-order valence-corrected chi connectivity index (χ2v) is 6.57. The van der Waals surface area contributed by atoms with Crippen LogP contribution in [0.15, 0.2) is 30.3 Å². The number of hydrogen-bond acceptors (Lipinski definition) is 4. The molecule has 0 saturated carbocycles. The van der Waals surface area contributed by atoms with Crippen LogP contribution in [0, 0.1) is 5.92 Å². The number of carbonyl (C=O) groups excluding carboxylic acids is 3. The minimum Gasteiger partial charge on any atom is -0.548 e. The van der Waals surface area contributed by atoms with Crippen LogP contribution >= 0.6 is 0 Å². The van der Waals surface area contributed by atoms with Gasteiger partial charge in [0.05, 0.1) is 12.0 Å². The molecule has 1 aromatic rings. The molecule has 7 heteroatoms. The topological polar surface area (TPSA) is 117 Å². The summed E-state index contributed by atoms with van der Waals surface area (Å²) in [6.45, 7) is 2.73. The number of rotatable bonds is 6. The Bertz CT molecular complexity index is 610. The molecule has 0 spiro atoms. The summed E-state index contributed by atoms with van der Waals surface area (Å²) in [7, 11) is 0. The maximum absolute atomic E-state index is 12.4. The molecule has 0 aliphatic carbocycles. The zero-order valence-electron chi connectivity index (χ0n) is 14.4. The van der Waals surface area contributed by atoms with E-state index in [0.717, 1.165) is 5.56 Å². The molecule has 0 unspecified atom stereocenters. The van der Waals surface area contributed by atoms with Gasteiger partial charge in [-0.2, -0.15) is 0 Å². The van der Waals surface area contributed by atoms with Gasteiger partial charge in [0.25, 0.3) is 5.91 Å². The van der Waals surface area contributed by atoms with Crippen LogP contribution < -0.4 is 16.2 Å². The molecule has 136 valence electrons. The molecular formula is C18H25N3O4. The number of carboxylic acid groups (broad SMARTS) is 1. The van der Waals surface area contributed by atoms with Crippen molar-refractivity contribution in [2.75, 3.05) is 13.1 Å². The summed E-state index contributed by atoms with van der Waals surface area (Å²) in [5.74, 6) is -1.90. The average molecular weight is 347 g/mol. The molecule has 0 aromatic heterocycles. The summed E-state index contributed by atoms with van der Waals surface area (Å²) in [5, 5.41) is 13.9. The number of quaternary nitrogens is 1. The summed E-state index contributed by atoms with van der Waals surface area (Å²) in [5.41, 5.74) is 4.54. The monoisotopic (exact) mass is 347 g/mol. The number of likely N-dealkylation sites (tertiary alicyclic amines) is 1. The Labute approximate surface area is 147 Å². The Morgan fingerprint density at radius 3 is 2.36 bits per heavy atom. The molecule has 2 amide bonds. The molecule has 0 radical (unpaired) electrons. The Morgan fingerprint density at radius 1 is 1.24 bits per heavy atom. The van der Waals surface area contributed by atoms with Crippen molar-refractivity contribution in [2.24, 2.45) is 5.92 Å². The van der Waals surface area contributed by atoms with Crippen LogP contribution in [-0.4, -0.2) is 47.9 Å². The fourth-order valence-electron chi connectivity index (χ4n) is 3.01. The number of nitrogens with one attached hydrogen (secondary N) is 1. The highest BCUT2D eigenvalue weighted by Gasteiger charge is 2.30. The number of nitrogens with zero attached hydrogens (tertiary/aromatic N) is 1. The molecule has 2 rings (SSSR count). The summed E-state index contributed by atoms with van der Waals surface area (Å²) < 4.78 is 0. The maximum atomic E-state index is 12.4. The van der Waals surface area contributed by atoms with E-state index in [4.69, 9.17) is 0 Å². The van der Waals surface area contributed by atoms with E-state index < -0.39 is 12.0 Å². The lowest BCUT2D eigenvalue weighted by molar-refractivity contribution is -0.400. The molecule has 1 fully saturated rings. The molecule has 7 nitrogen and oxygen atoms in total. The highest BCUT2D eigenvalue weighted by atomic mass is 16.4. The normalized spacial score (nSPS) is 17.6. The highest BCUT2D eigenvalue weighted by Crippen LogP contribution is 2.18. The molecule has 1 saturated heterocycles. The molecule has 1 aliphatic rings. The van der Waals surface area contributed by atoms with Crippen molar-refractivity contribution in [3.8, 4) is 0 Å². The lowest BCUT2D eigenvalue weighted by Gasteiger charge is -2.32. The average Bonchev–Trinajstić information content (AvgIpc) is 2.61. The first-order valence-electron chi connectivity index (χ1n) is 8.55. The quantitative estimate of drug-likeness (QED) is 0.640. The number of aliphatic carboxylic acids is 1. The minimum atomic E-state index is -1.30. The van der Waals surface area contributed by atoms with E-state index in [0.29, 0.717) is 25.9 Å². The van der Waals surface area contributed by atoms with Crippen molar-refractivity contribution in [1.29, 1.82) is 0 Å². The van der Waals surface area contributed by atoms with E-state index in [1.165, 1.54) is 0 Å². The number of amides is 2. The van der Waals surface area contributed by atoms with Gasteiger partial charge >= 0.3 is 0 Å². The summed E-state index contributed by atoms with van der Waals surface area (Å²) in [4.78, 5) is 37.4. The Morgan fingerprint density at radius 2 is 1.84 bits per heavy atom. The van der Waals surface area contributed by atoms with Crippen molar-refractivity contribution in [2.45, 2.75) is 38.3 Å². The summed E-state index contributed by atoms with van der Waals surface area (Å²) >= 11 is 0. The lowest BCUT2D eigenvalue weighted by Crippen LogP contribution is -2.66. The predicted octanol–water partition coefficient (Wildman–Crippen LogP) is -1.67. The van der Waals surface area contributed by atoms with Crippen molar-refractivity contribution in [3.05, 3.63) is 35.9 Å². The SMILES string of the molecule is C[C@H]([NH3+])C(=O)N1CCC(C(=O)N[C@@H](Cc2ccccc2)C(=O)[O-])CC1. The van der Waals surface area contributed by atoms with Gasteiger partial charge in [-0.1, -0.05) is 30.3 Å². The second kappa shape index (κ2) is 8.62. The van der Waals surface area contributed by atoms with Crippen LogP contribution in [0.25, 0.3) is 0 Å². The fourth-order valence-corrected chi connectivity index (χ4v) is 3.01. The van der Waals surface area contributed by atoms with Gasteiger partial charge in [0.1, 0.15) is 0 Å². The van der Waals surface area contributed by atoms with Crippen LogP contribution in [-0.2, 0) is 20.8 Å². The number of carbonyl (C=O) groups is 3. The van der Waals surface area contributed by atoms with Crippen LogP contribution in [0.4, 0.5) is 0 Å². The molecule has 25 heavy (non-hydrogen) atoms. The highest BCUT2D eigenvalue weighted by molar-refractivity contribution is 5.85. The van der Waals surface area contributed by atoms with Gasteiger partial charge < -0.3 is 25.9 Å². The maximum Gasteiger partial charge on any atom is 0.280 e. The van der Waals surface area contributed by atoms with E-state index in [9.17, 15) is 19.5 Å². The van der Waals surface area contributed by atoms with E-state index in [-0.39, 0.29) is 30.2 Å². The van der Waals surface area contributed by atoms with Gasteiger partial charge in [0.2, 0.25) is 5.91 Å². The van der Waals surface area contributed by atoms with Crippen LogP contribution in [0.1, 0.15) is 25.3 Å². The summed E-state index contributed by atoms with van der Waals surface area (Å²) in [6, 6.07) is 7.74. The third-order valence-electron chi connectivity index (χ3n) is 4.48. The van der Waals surface area contributed by atoms with Crippen molar-refractivity contribution < 1.29 is 25.2 Å². The smallest absolute Gasteiger partial charge is 0.280 e. The Balaban J connectivity index is 1.89. The standard InChI is InChI=1S/C18H25N3O4/c1-12(19)17(23)21-9-7-14(8-10-21)16(22)20-15(18(24)25)11-13-5-3-2-4-6-13/h2-6,12,14-15H,7-11,19H2,1H3,(H,20,22)(H,24,25)/t12-,15-/m0/s1. The van der Waals surface area contributed by atoms with Gasteiger partial charge in [-0.15, -0.1) is 0 Å². The van der Waals surface area contributed by atoms with Crippen molar-refractivity contribution in [3.63, 3.8) is 0 Å². The van der Waals surface area contributed by atoms with E-state index in [1.54, 1.807) is 11.8 Å². The van der Waals surface area contributed by atoms with Gasteiger partial charge in [0, 0.05) is 19.0 Å². The third-order valence-corrected chi connectivity index (χ3v) is 4.48. The molecule has 0 bridgehead atoms. The zero-order valence-corrected chi connectivity index (χ0v) is 14.4. The Hall–Kier alpha value is -2.41. The minimum absolute atomic E-state index is 0.0180. The lowest BCUT2D eigenvalue weighted by atomic mass is 9.94. The van der Waals surface area contributed by atoms with Gasteiger partial charge in [-0.25, -0.2) is 0 Å². The van der Waals surface area contributed by atoms with E-state index >= 15 is 0 Å². The molecule has 1 aliphatic heterocycles. The second-order valence-electron chi connectivity index (χ2n) is 6.57. The molecule has 1 heterocycles. The molecular weight excluding hydrogens is 322 g/mol. The van der Waals surface area contributed by atoms with Crippen molar-refractivity contribution >= 4 is 17.8 Å². The van der Waals surface area contributed by atoms with E-state index in [2.05, 4.69) is 11.1 Å². The zero-order chi connectivity index (χ0) is 18.4. The van der Waals surface area contributed by atoms with Crippen LogP contribution in [0.3, 0.4) is 0 Å². The summed E-state index contributed by atoms with van der Waals surface area (Å²) in [6.07, 6.45) is 1.23. The molecule has 1 aromatic carbocycles. The molecule has 2 atom stereocenters. The first-order valence-corrected chi connectivity index (χ1v) is 8.55. The Kier molecular flexibility index (Phi) is 6.52. The van der Waals surface area contributed by atoms with E-state index in [1.807, 2.05) is 30.3 Å². The third kappa shape index (κ3) is 5.29. The first-order chi connectivity index (χ1) is 11.9. The number of benzene rings is 1. The fraction of sp³-hybridized carbons (Fsp3) is 0.500. The largest absolute Gasteiger partial charge is 0.548 e. The number of carboxylic acids is 1. The van der Waals surface area contributed by atoms with Gasteiger partial charge in [-0.05, 0) is 31.7 Å². The number of piperidine rings is 1. The first kappa shape index (κ1) is 18.9.